The SMILES string of the molecule is CCN(CC)CCN(CCC(N)=S)C(=O)c1ccco1. The number of nitrogens with zero attached hydrogens (tertiary/aromatic N) is 2. The number of thiocarbonyl (C=S) groups is 1. The number of rotatable bonds is 9. The molecule has 0 aromatic carbocycles. The molecule has 0 radical (unpaired) electrons. The third-order valence-corrected chi connectivity index (χ3v) is 3.43. The minimum atomic E-state index is -0.113. The zero-order valence-electron chi connectivity index (χ0n) is 12.2. The van der Waals surface area contributed by atoms with Gasteiger partial charge in [0.25, 0.3) is 5.91 Å². The number of carbonyl (C=O) groups is 1. The quantitative estimate of drug-likeness (QED) is 0.703. The summed E-state index contributed by atoms with van der Waals surface area (Å²) in [5, 5.41) is 0. The number of amides is 1. The van der Waals surface area contributed by atoms with E-state index in [1.807, 2.05) is 0 Å². The second kappa shape index (κ2) is 8.71. The lowest BCUT2D eigenvalue weighted by Gasteiger charge is -2.25. The Kier molecular flexibility index (Phi) is 7.25. The molecule has 6 heteroatoms. The maximum Gasteiger partial charge on any atom is 0.289 e. The van der Waals surface area contributed by atoms with Crippen molar-refractivity contribution in [3.05, 3.63) is 24.2 Å². The minimum absolute atomic E-state index is 0.113. The van der Waals surface area contributed by atoms with Crippen LogP contribution in [0, 0.1) is 0 Å². The summed E-state index contributed by atoms with van der Waals surface area (Å²) in [5.74, 6) is 0.242. The average Bonchev–Trinajstić information content (AvgIpc) is 2.96. The molecule has 1 heterocycles. The Morgan fingerprint density at radius 3 is 2.50 bits per heavy atom. The monoisotopic (exact) mass is 297 g/mol. The van der Waals surface area contributed by atoms with Gasteiger partial charge in [0, 0.05) is 26.1 Å². The Bertz CT molecular complexity index is 416. The van der Waals surface area contributed by atoms with Gasteiger partial charge in [-0.05, 0) is 25.2 Å². The number of likely N-dealkylation sites (N-methyl/N-ethyl adjacent to an activating group) is 1. The summed E-state index contributed by atoms with van der Waals surface area (Å²) in [6.07, 6.45) is 2.03. The van der Waals surface area contributed by atoms with E-state index >= 15 is 0 Å². The van der Waals surface area contributed by atoms with E-state index in [0.717, 1.165) is 19.6 Å². The molecule has 0 atom stereocenters. The molecule has 0 fully saturated rings. The first-order valence-electron chi connectivity index (χ1n) is 6.91. The molecule has 5 nitrogen and oxygen atoms in total. The number of carbonyl (C=O) groups excluding carboxylic acids is 1. The Morgan fingerprint density at radius 2 is 2.00 bits per heavy atom. The highest BCUT2D eigenvalue weighted by Gasteiger charge is 2.18. The molecular weight excluding hydrogens is 274 g/mol. The van der Waals surface area contributed by atoms with Crippen molar-refractivity contribution in [2.45, 2.75) is 20.3 Å². The van der Waals surface area contributed by atoms with Crippen molar-refractivity contribution in [2.24, 2.45) is 5.73 Å². The molecule has 2 N–H and O–H groups in total. The molecule has 20 heavy (non-hydrogen) atoms. The van der Waals surface area contributed by atoms with Crippen LogP contribution in [0.1, 0.15) is 30.8 Å². The van der Waals surface area contributed by atoms with Crippen molar-refractivity contribution in [1.29, 1.82) is 0 Å². The molecule has 1 aromatic heterocycles. The first-order valence-corrected chi connectivity index (χ1v) is 7.32. The fourth-order valence-corrected chi connectivity index (χ4v) is 2.01. The lowest BCUT2D eigenvalue weighted by molar-refractivity contribution is 0.0710. The highest BCUT2D eigenvalue weighted by molar-refractivity contribution is 7.80. The Hall–Kier alpha value is -1.40. The summed E-state index contributed by atoms with van der Waals surface area (Å²) >= 11 is 4.89. The maximum absolute atomic E-state index is 12.3. The molecule has 0 saturated carbocycles. The predicted molar refractivity (Wildman–Crippen MR) is 83.8 cm³/mol. The van der Waals surface area contributed by atoms with E-state index in [4.69, 9.17) is 22.4 Å². The van der Waals surface area contributed by atoms with Crippen molar-refractivity contribution in [3.8, 4) is 0 Å². The summed E-state index contributed by atoms with van der Waals surface area (Å²) in [6.45, 7) is 8.15. The normalized spacial score (nSPS) is 10.8. The summed E-state index contributed by atoms with van der Waals surface area (Å²) in [4.78, 5) is 16.8. The second-order valence-corrected chi connectivity index (χ2v) is 5.04. The third-order valence-electron chi connectivity index (χ3n) is 3.23. The van der Waals surface area contributed by atoms with E-state index in [0.29, 0.717) is 30.3 Å². The first kappa shape index (κ1) is 16.7. The van der Waals surface area contributed by atoms with Crippen LogP contribution in [0.2, 0.25) is 0 Å². The van der Waals surface area contributed by atoms with Crippen LogP contribution in [0.3, 0.4) is 0 Å². The van der Waals surface area contributed by atoms with Gasteiger partial charge in [-0.15, -0.1) is 0 Å². The summed E-state index contributed by atoms with van der Waals surface area (Å²) in [7, 11) is 0. The van der Waals surface area contributed by atoms with Crippen molar-refractivity contribution in [3.63, 3.8) is 0 Å². The van der Waals surface area contributed by atoms with E-state index in [9.17, 15) is 4.79 Å². The van der Waals surface area contributed by atoms with Crippen LogP contribution >= 0.6 is 12.2 Å². The predicted octanol–water partition coefficient (Wildman–Crippen LogP) is 1.74. The molecule has 0 bridgehead atoms. The molecule has 1 amide bonds. The molecule has 0 unspecified atom stereocenters. The average molecular weight is 297 g/mol. The van der Waals surface area contributed by atoms with Gasteiger partial charge in [-0.1, -0.05) is 26.1 Å². The van der Waals surface area contributed by atoms with E-state index in [1.165, 1.54) is 6.26 Å². The molecule has 112 valence electrons. The molecule has 0 aliphatic rings. The van der Waals surface area contributed by atoms with Crippen molar-refractivity contribution in [1.82, 2.24) is 9.80 Å². The first-order chi connectivity index (χ1) is 9.58. The Labute approximate surface area is 125 Å². The molecule has 1 rings (SSSR count). The smallest absolute Gasteiger partial charge is 0.289 e. The molecule has 0 saturated heterocycles. The zero-order valence-corrected chi connectivity index (χ0v) is 13.0. The highest BCUT2D eigenvalue weighted by Crippen LogP contribution is 2.07. The lowest BCUT2D eigenvalue weighted by atomic mass is 10.3. The fraction of sp³-hybridized carbons (Fsp3) is 0.571. The zero-order chi connectivity index (χ0) is 15.0. The van der Waals surface area contributed by atoms with Gasteiger partial charge in [0.05, 0.1) is 11.3 Å². The topological polar surface area (TPSA) is 62.7 Å². The van der Waals surface area contributed by atoms with Crippen LogP contribution in [0.15, 0.2) is 22.8 Å². The fourth-order valence-electron chi connectivity index (χ4n) is 1.92. The summed E-state index contributed by atoms with van der Waals surface area (Å²) in [5.41, 5.74) is 5.53. The van der Waals surface area contributed by atoms with Gasteiger partial charge < -0.3 is 20.0 Å². The maximum atomic E-state index is 12.3. The summed E-state index contributed by atoms with van der Waals surface area (Å²) < 4.78 is 5.17. The van der Waals surface area contributed by atoms with Gasteiger partial charge in [-0.3, -0.25) is 4.79 Å². The van der Waals surface area contributed by atoms with Gasteiger partial charge in [-0.25, -0.2) is 0 Å². The van der Waals surface area contributed by atoms with Gasteiger partial charge in [-0.2, -0.15) is 0 Å². The molecule has 0 spiro atoms. The van der Waals surface area contributed by atoms with Crippen LogP contribution in [0.4, 0.5) is 0 Å². The van der Waals surface area contributed by atoms with E-state index < -0.39 is 0 Å². The minimum Gasteiger partial charge on any atom is -0.459 e. The van der Waals surface area contributed by atoms with Gasteiger partial charge in [0.15, 0.2) is 5.76 Å². The van der Waals surface area contributed by atoms with Crippen molar-refractivity contribution in [2.75, 3.05) is 32.7 Å². The van der Waals surface area contributed by atoms with E-state index in [-0.39, 0.29) is 5.91 Å². The van der Waals surface area contributed by atoms with Crippen LogP contribution in [0.25, 0.3) is 0 Å². The highest BCUT2D eigenvalue weighted by atomic mass is 32.1. The third kappa shape index (κ3) is 5.30. The largest absolute Gasteiger partial charge is 0.459 e. The second-order valence-electron chi connectivity index (χ2n) is 4.51. The number of nitrogens with two attached hydrogens (primary N) is 1. The van der Waals surface area contributed by atoms with E-state index in [2.05, 4.69) is 18.7 Å². The Morgan fingerprint density at radius 1 is 1.30 bits per heavy atom. The molecule has 1 aromatic rings. The van der Waals surface area contributed by atoms with Crippen LogP contribution in [-0.4, -0.2) is 53.4 Å². The van der Waals surface area contributed by atoms with Crippen molar-refractivity contribution >= 4 is 23.1 Å². The van der Waals surface area contributed by atoms with Crippen LogP contribution < -0.4 is 5.73 Å². The lowest BCUT2D eigenvalue weighted by Crippen LogP contribution is -2.40. The van der Waals surface area contributed by atoms with Crippen molar-refractivity contribution < 1.29 is 9.21 Å². The molecule has 0 aliphatic heterocycles. The van der Waals surface area contributed by atoms with Gasteiger partial charge >= 0.3 is 0 Å². The number of hydrogen-bond donors (Lipinski definition) is 1. The molecular formula is C14H23N3O2S. The van der Waals surface area contributed by atoms with E-state index in [1.54, 1.807) is 17.0 Å². The number of furan rings is 1. The van der Waals surface area contributed by atoms with Crippen LogP contribution in [-0.2, 0) is 0 Å². The Balaban J connectivity index is 2.64. The summed E-state index contributed by atoms with van der Waals surface area (Å²) in [6, 6.07) is 3.39. The van der Waals surface area contributed by atoms with Gasteiger partial charge in [0.2, 0.25) is 0 Å². The van der Waals surface area contributed by atoms with Gasteiger partial charge in [0.1, 0.15) is 0 Å². The standard InChI is InChI=1S/C14H23N3O2S/c1-3-16(4-2)9-10-17(8-7-13(15)20)14(18)12-6-5-11-19-12/h5-6,11H,3-4,7-10H2,1-2H3,(H2,15,20). The number of hydrogen-bond acceptors (Lipinski definition) is 4. The van der Waals surface area contributed by atoms with Crippen LogP contribution in [0.5, 0.6) is 0 Å². The molecule has 0 aliphatic carbocycles.